The first-order valence-corrected chi connectivity index (χ1v) is 24.7. The Morgan fingerprint density at radius 3 is 2.47 bits per heavy atom. The molecule has 1 saturated carbocycles. The van der Waals surface area contributed by atoms with Gasteiger partial charge in [0.1, 0.15) is 23.6 Å². The van der Waals surface area contributed by atoms with Crippen molar-refractivity contribution in [3.05, 3.63) is 111 Å². The lowest BCUT2D eigenvalue weighted by atomic mass is 9.72. The number of hydrogen-bond acceptors (Lipinski definition) is 12. The lowest BCUT2D eigenvalue weighted by Gasteiger charge is -2.39. The molecule has 2 aliphatic heterocycles. The van der Waals surface area contributed by atoms with Crippen molar-refractivity contribution in [3.63, 3.8) is 0 Å². The molecule has 15 nitrogen and oxygen atoms in total. The van der Waals surface area contributed by atoms with Gasteiger partial charge in [0.05, 0.1) is 33.2 Å². The Bertz CT molecular complexity index is 2790. The molecular weight excluding hydrogens is 880 g/mol. The second kappa shape index (κ2) is 18.2. The minimum atomic E-state index is -4.58. The predicted molar refractivity (Wildman–Crippen MR) is 259 cm³/mol. The van der Waals surface area contributed by atoms with E-state index in [0.29, 0.717) is 48.8 Å². The average molecular weight is 938 g/mol. The lowest BCUT2D eigenvalue weighted by molar-refractivity contribution is -0.384. The maximum absolute atomic E-state index is 14.3. The summed E-state index contributed by atoms with van der Waals surface area (Å²) >= 11 is 6.27. The number of hydrogen-bond donors (Lipinski definition) is 4. The van der Waals surface area contributed by atoms with Crippen LogP contribution in [-0.4, -0.2) is 97.2 Å². The normalized spacial score (nSPS) is 21.3. The van der Waals surface area contributed by atoms with Gasteiger partial charge in [0, 0.05) is 67.6 Å². The van der Waals surface area contributed by atoms with Crippen molar-refractivity contribution >= 4 is 72.6 Å². The molecule has 0 spiro atoms. The highest BCUT2D eigenvalue weighted by molar-refractivity contribution is 7.90. The van der Waals surface area contributed by atoms with Crippen LogP contribution in [0.1, 0.15) is 81.6 Å². The van der Waals surface area contributed by atoms with E-state index in [4.69, 9.17) is 21.3 Å². The van der Waals surface area contributed by atoms with Gasteiger partial charge in [-0.1, -0.05) is 43.2 Å². The van der Waals surface area contributed by atoms with Crippen molar-refractivity contribution in [1.82, 2.24) is 19.6 Å². The number of nitrogens with zero attached hydrogens (tertiary/aromatic N) is 5. The molecule has 0 radical (unpaired) electrons. The van der Waals surface area contributed by atoms with Gasteiger partial charge in [0.15, 0.2) is 0 Å². The topological polar surface area (TPSA) is 186 Å². The number of carbonyl (C=O) groups excluding carboxylic acids is 1. The van der Waals surface area contributed by atoms with Gasteiger partial charge in [-0.25, -0.2) is 13.1 Å². The van der Waals surface area contributed by atoms with Gasteiger partial charge in [-0.05, 0) is 129 Å². The zero-order valence-corrected chi connectivity index (χ0v) is 39.2. The van der Waals surface area contributed by atoms with Crippen LogP contribution < -0.4 is 24.6 Å². The number of carbonyl (C=O) groups is 1. The Labute approximate surface area is 390 Å². The molecule has 66 heavy (non-hydrogen) atoms. The van der Waals surface area contributed by atoms with Crippen LogP contribution >= 0.6 is 11.6 Å². The summed E-state index contributed by atoms with van der Waals surface area (Å²) in [7, 11) is -4.58. The van der Waals surface area contributed by atoms with E-state index in [-0.39, 0.29) is 29.2 Å². The van der Waals surface area contributed by atoms with Gasteiger partial charge in [0.2, 0.25) is 5.88 Å². The highest BCUT2D eigenvalue weighted by atomic mass is 35.5. The van der Waals surface area contributed by atoms with E-state index in [9.17, 15) is 28.4 Å². The summed E-state index contributed by atoms with van der Waals surface area (Å²) < 4.78 is 36.1. The molecule has 17 heteroatoms. The van der Waals surface area contributed by atoms with Gasteiger partial charge in [-0.15, -0.1) is 0 Å². The number of allylic oxidation sites excluding steroid dienone is 1. The van der Waals surface area contributed by atoms with Crippen LogP contribution in [0, 0.1) is 21.4 Å². The summed E-state index contributed by atoms with van der Waals surface area (Å²) in [5.41, 5.74) is 6.12. The van der Waals surface area contributed by atoms with Crippen LogP contribution in [0.3, 0.4) is 0 Å². The molecular formula is C49H57ClN8O7S. The van der Waals surface area contributed by atoms with Crippen molar-refractivity contribution in [2.24, 2.45) is 11.3 Å². The molecule has 1 amide bonds. The molecule has 1 saturated heterocycles. The molecule has 0 unspecified atom stereocenters. The number of anilines is 4. The van der Waals surface area contributed by atoms with Gasteiger partial charge in [-0.2, -0.15) is 4.98 Å². The number of pyridine rings is 1. The third kappa shape index (κ3) is 9.87. The SMILES string of the molecule is CC1(C)CCC(CN2CCN(c3ccc(C(=O)NS(=O)(=O)c4ccc(NC[C@H]5CC[C@@](C)(O)CC5)c([N+](=O)[O-])c4)c(N4CCOc5nc6[nH]ccc6cc54)c3)CC2)=C(c2ccc(Cl)cc2)C1. The number of nitrogens with one attached hydrogen (secondary N) is 3. The smallest absolute Gasteiger partial charge is 0.293 e. The van der Waals surface area contributed by atoms with Crippen molar-refractivity contribution in [1.29, 1.82) is 0 Å². The van der Waals surface area contributed by atoms with Crippen LogP contribution in [0.4, 0.5) is 28.4 Å². The lowest BCUT2D eigenvalue weighted by Crippen LogP contribution is -2.47. The van der Waals surface area contributed by atoms with E-state index in [2.05, 4.69) is 50.8 Å². The quantitative estimate of drug-likeness (QED) is 0.0689. The number of nitro benzene ring substituents is 1. The molecule has 3 aromatic carbocycles. The van der Waals surface area contributed by atoms with Crippen LogP contribution in [0.25, 0.3) is 16.6 Å². The largest absolute Gasteiger partial charge is 0.474 e. The molecule has 9 rings (SSSR count). The molecule has 4 heterocycles. The number of rotatable bonds is 12. The van der Waals surface area contributed by atoms with E-state index in [1.807, 2.05) is 48.2 Å². The number of benzene rings is 3. The molecule has 4 aliphatic rings. The summed E-state index contributed by atoms with van der Waals surface area (Å²) in [6.07, 6.45) is 7.78. The van der Waals surface area contributed by atoms with Crippen molar-refractivity contribution in [2.75, 3.05) is 67.5 Å². The van der Waals surface area contributed by atoms with Crippen LogP contribution in [0.5, 0.6) is 5.88 Å². The minimum absolute atomic E-state index is 0.101. The number of amides is 1. The summed E-state index contributed by atoms with van der Waals surface area (Å²) in [5, 5.41) is 27.3. The Morgan fingerprint density at radius 1 is 0.970 bits per heavy atom. The monoisotopic (exact) mass is 936 g/mol. The zero-order valence-electron chi connectivity index (χ0n) is 37.6. The second-order valence-electron chi connectivity index (χ2n) is 19.3. The first-order chi connectivity index (χ1) is 31.5. The molecule has 2 aromatic heterocycles. The average Bonchev–Trinajstić information content (AvgIpc) is 3.76. The number of aromatic nitrogens is 2. The van der Waals surface area contributed by atoms with E-state index >= 15 is 0 Å². The molecule has 0 bridgehead atoms. The number of halogens is 1. The Hall–Kier alpha value is -5.68. The Morgan fingerprint density at radius 2 is 1.73 bits per heavy atom. The van der Waals surface area contributed by atoms with Crippen molar-refractivity contribution < 1.29 is 28.0 Å². The van der Waals surface area contributed by atoms with Gasteiger partial charge in [0.25, 0.3) is 21.6 Å². The summed E-state index contributed by atoms with van der Waals surface area (Å²) in [6, 6.07) is 21.0. The predicted octanol–water partition coefficient (Wildman–Crippen LogP) is 8.91. The fourth-order valence-corrected chi connectivity index (χ4v) is 11.0. The standard InChI is InChI=1S/C49H57ClN8O7S/c1-48(2)16-14-35(40(29-48)33-4-6-36(50)7-5-33)31-55-20-22-56(23-21-55)37-8-10-39(42(27-37)57-24-25-65-47-44(57)26-34-15-19-51-45(34)53-47)46(59)54-66(63,64)38-9-11-41(43(28-38)58(61)62)52-30-32-12-17-49(3,60)18-13-32/h4-11,15,19,26-28,32,52,60H,12-14,16-18,20-25,29-31H2,1-3H3,(H,51,53)(H,54,59)/t32-,49+. The molecule has 2 aliphatic carbocycles. The first-order valence-electron chi connectivity index (χ1n) is 22.8. The Kier molecular flexibility index (Phi) is 12.5. The van der Waals surface area contributed by atoms with Crippen LogP contribution in [0.2, 0.25) is 5.02 Å². The Balaban J connectivity index is 0.964. The van der Waals surface area contributed by atoms with Crippen molar-refractivity contribution in [3.8, 4) is 5.88 Å². The number of aliphatic hydroxyl groups is 1. The number of sulfonamides is 1. The molecule has 0 atom stereocenters. The van der Waals surface area contributed by atoms with E-state index in [1.165, 1.54) is 28.8 Å². The highest BCUT2D eigenvalue weighted by Crippen LogP contribution is 2.44. The molecule has 348 valence electrons. The fourth-order valence-electron chi connectivity index (χ4n) is 9.86. The third-order valence-corrected chi connectivity index (χ3v) is 15.4. The number of ether oxygens (including phenoxy) is 1. The minimum Gasteiger partial charge on any atom is -0.474 e. The highest BCUT2D eigenvalue weighted by Gasteiger charge is 2.33. The molecule has 4 N–H and O–H groups in total. The van der Waals surface area contributed by atoms with Crippen molar-refractivity contribution in [2.45, 2.75) is 76.2 Å². The van der Waals surface area contributed by atoms with Crippen LogP contribution in [0.15, 0.2) is 89.5 Å². The number of fused-ring (bicyclic) bond motifs is 2. The number of piperazine rings is 1. The fraction of sp³-hybridized carbons (Fsp3) is 0.429. The van der Waals surface area contributed by atoms with E-state index < -0.39 is 37.0 Å². The summed E-state index contributed by atoms with van der Waals surface area (Å²) in [6.45, 7) is 11.6. The van der Waals surface area contributed by atoms with Gasteiger partial charge >= 0.3 is 0 Å². The summed E-state index contributed by atoms with van der Waals surface area (Å²) in [5.74, 6) is -0.305. The summed E-state index contributed by atoms with van der Waals surface area (Å²) in [4.78, 5) is 40.1. The van der Waals surface area contributed by atoms with Gasteiger partial charge < -0.3 is 29.9 Å². The van der Waals surface area contributed by atoms with Crippen LogP contribution in [-0.2, 0) is 10.0 Å². The second-order valence-corrected chi connectivity index (χ2v) is 21.4. The zero-order chi connectivity index (χ0) is 46.4. The number of nitro groups is 1. The number of H-pyrrole nitrogens is 1. The molecule has 5 aromatic rings. The van der Waals surface area contributed by atoms with E-state index in [1.54, 1.807) is 12.3 Å². The first kappa shape index (κ1) is 45.5. The van der Waals surface area contributed by atoms with Gasteiger partial charge in [-0.3, -0.25) is 19.8 Å². The maximum atomic E-state index is 14.3. The maximum Gasteiger partial charge on any atom is 0.293 e. The molecule has 2 fully saturated rings. The number of aromatic amines is 1. The third-order valence-electron chi connectivity index (χ3n) is 13.8. The van der Waals surface area contributed by atoms with E-state index in [0.717, 1.165) is 87.0 Å².